The van der Waals surface area contributed by atoms with Crippen LogP contribution in [-0.4, -0.2) is 17.1 Å². The van der Waals surface area contributed by atoms with Gasteiger partial charge in [0, 0.05) is 17.4 Å². The molecule has 0 amide bonds. The van der Waals surface area contributed by atoms with Crippen molar-refractivity contribution in [3.8, 4) is 0 Å². The lowest BCUT2D eigenvalue weighted by molar-refractivity contribution is 0.0698. The van der Waals surface area contributed by atoms with Gasteiger partial charge < -0.3 is 16.2 Å². The minimum Gasteiger partial charge on any atom is -0.478 e. The predicted octanol–water partition coefficient (Wildman–Crippen LogP) is 3.20. The van der Waals surface area contributed by atoms with Gasteiger partial charge in [-0.25, -0.2) is 4.79 Å². The van der Waals surface area contributed by atoms with E-state index >= 15 is 0 Å². The topological polar surface area (TPSA) is 75.3 Å². The molecular weight excluding hydrogens is 240 g/mol. The molecule has 1 aromatic rings. The molecule has 1 aliphatic carbocycles. The molecule has 1 aromatic carbocycles. The number of benzene rings is 1. The molecule has 1 saturated carbocycles. The largest absolute Gasteiger partial charge is 0.478 e. The molecule has 3 unspecified atom stereocenters. The minimum atomic E-state index is -0.938. The highest BCUT2D eigenvalue weighted by molar-refractivity contribution is 5.95. The van der Waals surface area contributed by atoms with Gasteiger partial charge >= 0.3 is 5.97 Å². The van der Waals surface area contributed by atoms with E-state index < -0.39 is 5.97 Å². The molecule has 1 aliphatic rings. The molecule has 4 heteroatoms. The highest BCUT2D eigenvalue weighted by Crippen LogP contribution is 2.31. The molecule has 0 saturated heterocycles. The smallest absolute Gasteiger partial charge is 0.337 e. The number of hydrogen-bond donors (Lipinski definition) is 3. The molecule has 4 nitrogen and oxygen atoms in total. The third kappa shape index (κ3) is 3.19. The van der Waals surface area contributed by atoms with E-state index in [-0.39, 0.29) is 5.56 Å². The van der Waals surface area contributed by atoms with Gasteiger partial charge in [0.15, 0.2) is 0 Å². The van der Waals surface area contributed by atoms with Crippen molar-refractivity contribution in [1.82, 2.24) is 0 Å². The normalized spacial score (nSPS) is 26.9. The van der Waals surface area contributed by atoms with E-state index in [0.717, 1.165) is 12.3 Å². The Labute approximate surface area is 114 Å². The predicted molar refractivity (Wildman–Crippen MR) is 77.4 cm³/mol. The van der Waals surface area contributed by atoms with Crippen LogP contribution in [0.4, 0.5) is 11.4 Å². The van der Waals surface area contributed by atoms with Crippen LogP contribution in [0.1, 0.15) is 43.5 Å². The molecule has 0 spiro atoms. The van der Waals surface area contributed by atoms with E-state index in [1.165, 1.54) is 18.9 Å². The lowest BCUT2D eigenvalue weighted by Crippen LogP contribution is -2.33. The van der Waals surface area contributed by atoms with Crippen molar-refractivity contribution in [2.24, 2.45) is 11.8 Å². The van der Waals surface area contributed by atoms with Crippen molar-refractivity contribution < 1.29 is 9.90 Å². The van der Waals surface area contributed by atoms with Crippen LogP contribution in [0.5, 0.6) is 0 Å². The summed E-state index contributed by atoms with van der Waals surface area (Å²) < 4.78 is 0. The Balaban J connectivity index is 2.17. The number of anilines is 2. The fraction of sp³-hybridized carbons (Fsp3) is 0.533. The summed E-state index contributed by atoms with van der Waals surface area (Å²) in [6, 6.07) is 5.37. The third-order valence-electron chi connectivity index (χ3n) is 4.05. The minimum absolute atomic E-state index is 0.255. The van der Waals surface area contributed by atoms with Crippen molar-refractivity contribution in [3.63, 3.8) is 0 Å². The molecule has 0 radical (unpaired) electrons. The van der Waals surface area contributed by atoms with Crippen LogP contribution in [0.25, 0.3) is 0 Å². The standard InChI is InChI=1S/C15H22N2O2/c1-9-3-5-13(10(2)7-9)17-14-6-4-11(16)8-12(14)15(18)19/h4,6,8-10,13,17H,3,5,7,16H2,1-2H3,(H,18,19). The maximum absolute atomic E-state index is 11.3. The molecule has 0 aliphatic heterocycles. The molecule has 4 N–H and O–H groups in total. The SMILES string of the molecule is CC1CCC(Nc2ccc(N)cc2C(=O)O)C(C)C1. The number of nitrogens with two attached hydrogens (primary N) is 1. The molecule has 1 fully saturated rings. The van der Waals surface area contributed by atoms with E-state index in [2.05, 4.69) is 19.2 Å². The maximum atomic E-state index is 11.3. The first kappa shape index (κ1) is 13.7. The summed E-state index contributed by atoms with van der Waals surface area (Å²) in [5.41, 5.74) is 7.06. The molecule has 3 atom stereocenters. The molecule has 2 rings (SSSR count). The summed E-state index contributed by atoms with van der Waals surface area (Å²) in [7, 11) is 0. The van der Waals surface area contributed by atoms with Crippen molar-refractivity contribution >= 4 is 17.3 Å². The van der Waals surface area contributed by atoms with Gasteiger partial charge in [0.25, 0.3) is 0 Å². The first-order valence-corrected chi connectivity index (χ1v) is 6.86. The third-order valence-corrected chi connectivity index (χ3v) is 4.05. The number of carbonyl (C=O) groups is 1. The fourth-order valence-corrected chi connectivity index (χ4v) is 2.94. The van der Waals surface area contributed by atoms with Gasteiger partial charge in [-0.3, -0.25) is 0 Å². The first-order chi connectivity index (χ1) is 8.97. The Bertz CT molecular complexity index is 473. The lowest BCUT2D eigenvalue weighted by Gasteiger charge is -2.34. The van der Waals surface area contributed by atoms with E-state index in [1.807, 2.05) is 0 Å². The number of carboxylic acids is 1. The van der Waals surface area contributed by atoms with Crippen LogP contribution < -0.4 is 11.1 Å². The van der Waals surface area contributed by atoms with Gasteiger partial charge in [-0.2, -0.15) is 0 Å². The molecular formula is C15H22N2O2. The highest BCUT2D eigenvalue weighted by Gasteiger charge is 2.26. The number of nitrogens with one attached hydrogen (secondary N) is 1. The van der Waals surface area contributed by atoms with Crippen LogP contribution in [0.15, 0.2) is 18.2 Å². The number of aromatic carboxylic acids is 1. The summed E-state index contributed by atoms with van der Waals surface area (Å²) in [5.74, 6) is 0.382. The average molecular weight is 262 g/mol. The maximum Gasteiger partial charge on any atom is 0.337 e. The quantitative estimate of drug-likeness (QED) is 0.731. The Morgan fingerprint density at radius 2 is 2.11 bits per heavy atom. The van der Waals surface area contributed by atoms with Crippen molar-refractivity contribution in [3.05, 3.63) is 23.8 Å². The van der Waals surface area contributed by atoms with Crippen molar-refractivity contribution in [1.29, 1.82) is 0 Å². The molecule has 0 bridgehead atoms. The second-order valence-electron chi connectivity index (χ2n) is 5.76. The van der Waals surface area contributed by atoms with Gasteiger partial charge in [0.05, 0.1) is 5.56 Å². The zero-order valence-corrected chi connectivity index (χ0v) is 11.5. The van der Waals surface area contributed by atoms with E-state index in [1.54, 1.807) is 12.1 Å². The zero-order chi connectivity index (χ0) is 14.0. The summed E-state index contributed by atoms with van der Waals surface area (Å²) in [4.78, 5) is 11.3. The first-order valence-electron chi connectivity index (χ1n) is 6.86. The molecule has 19 heavy (non-hydrogen) atoms. The zero-order valence-electron chi connectivity index (χ0n) is 11.5. The van der Waals surface area contributed by atoms with E-state index in [9.17, 15) is 9.90 Å². The van der Waals surface area contributed by atoms with Crippen LogP contribution in [-0.2, 0) is 0 Å². The van der Waals surface area contributed by atoms with E-state index in [0.29, 0.717) is 23.3 Å². The van der Waals surface area contributed by atoms with Gasteiger partial charge in [0.1, 0.15) is 0 Å². The Morgan fingerprint density at radius 1 is 1.37 bits per heavy atom. The summed E-state index contributed by atoms with van der Waals surface area (Å²) in [6.07, 6.45) is 3.47. The van der Waals surface area contributed by atoms with Gasteiger partial charge in [-0.1, -0.05) is 13.8 Å². The average Bonchev–Trinajstić information content (AvgIpc) is 2.34. The molecule has 0 heterocycles. The highest BCUT2D eigenvalue weighted by atomic mass is 16.4. The number of rotatable bonds is 3. The van der Waals surface area contributed by atoms with Crippen molar-refractivity contribution in [2.75, 3.05) is 11.1 Å². The monoisotopic (exact) mass is 262 g/mol. The second kappa shape index (κ2) is 5.51. The summed E-state index contributed by atoms with van der Waals surface area (Å²) in [5, 5.41) is 12.6. The number of nitrogen functional groups attached to an aromatic ring is 1. The Kier molecular flexibility index (Phi) is 3.98. The summed E-state index contributed by atoms with van der Waals surface area (Å²) in [6.45, 7) is 4.50. The molecule has 104 valence electrons. The van der Waals surface area contributed by atoms with Crippen LogP contribution >= 0.6 is 0 Å². The summed E-state index contributed by atoms with van der Waals surface area (Å²) >= 11 is 0. The van der Waals surface area contributed by atoms with Gasteiger partial charge in [-0.15, -0.1) is 0 Å². The molecule has 0 aromatic heterocycles. The fourth-order valence-electron chi connectivity index (χ4n) is 2.94. The van der Waals surface area contributed by atoms with Crippen molar-refractivity contribution in [2.45, 2.75) is 39.2 Å². The van der Waals surface area contributed by atoms with Gasteiger partial charge in [-0.05, 0) is 49.3 Å². The Hall–Kier alpha value is -1.71. The van der Waals surface area contributed by atoms with E-state index in [4.69, 9.17) is 5.73 Å². The number of carboxylic acid groups (broad SMARTS) is 1. The number of hydrogen-bond acceptors (Lipinski definition) is 3. The lowest BCUT2D eigenvalue weighted by atomic mass is 9.79. The Morgan fingerprint density at radius 3 is 2.74 bits per heavy atom. The van der Waals surface area contributed by atoms with Crippen LogP contribution in [0.3, 0.4) is 0 Å². The second-order valence-corrected chi connectivity index (χ2v) is 5.76. The van der Waals surface area contributed by atoms with Crippen LogP contribution in [0.2, 0.25) is 0 Å². The van der Waals surface area contributed by atoms with Crippen LogP contribution in [0, 0.1) is 11.8 Å². The van der Waals surface area contributed by atoms with Gasteiger partial charge in [0.2, 0.25) is 0 Å².